The van der Waals surface area contributed by atoms with Gasteiger partial charge in [0.15, 0.2) is 5.76 Å². The Morgan fingerprint density at radius 3 is 2.07 bits per heavy atom. The number of benzene rings is 7. The van der Waals surface area contributed by atoms with Crippen LogP contribution in [0.5, 0.6) is 0 Å². The van der Waals surface area contributed by atoms with E-state index in [1.54, 1.807) is 0 Å². The van der Waals surface area contributed by atoms with Gasteiger partial charge in [-0.2, -0.15) is 0 Å². The van der Waals surface area contributed by atoms with E-state index >= 15 is 0 Å². The molecule has 2 aliphatic rings. The average Bonchev–Trinajstić information content (AvgIpc) is 3.81. The number of fused-ring (bicyclic) bond motifs is 4. The van der Waals surface area contributed by atoms with Crippen molar-refractivity contribution in [1.29, 1.82) is 0 Å². The van der Waals surface area contributed by atoms with Gasteiger partial charge >= 0.3 is 0 Å². The molecule has 1 heterocycles. The van der Waals surface area contributed by atoms with Crippen LogP contribution in [0.4, 0.5) is 0 Å². The van der Waals surface area contributed by atoms with Crippen LogP contribution in [0.2, 0.25) is 0 Å². The van der Waals surface area contributed by atoms with E-state index in [9.17, 15) is 0 Å². The second-order valence-electron chi connectivity index (χ2n) is 19.3. The minimum absolute atomic E-state index is 0.0760. The molecule has 0 spiro atoms. The molecule has 68 heavy (non-hydrogen) atoms. The van der Waals surface area contributed by atoms with Crippen molar-refractivity contribution in [1.82, 2.24) is 0 Å². The highest BCUT2D eigenvalue weighted by atomic mass is 16.3. The van der Waals surface area contributed by atoms with Crippen molar-refractivity contribution in [2.24, 2.45) is 0 Å². The first kappa shape index (κ1) is 47.4. The van der Waals surface area contributed by atoms with E-state index in [0.29, 0.717) is 0 Å². The lowest BCUT2D eigenvalue weighted by atomic mass is 9.81. The zero-order valence-corrected chi connectivity index (χ0v) is 41.9. The third kappa shape index (κ3) is 9.66. The minimum atomic E-state index is 0.0760. The molecule has 0 N–H and O–H groups in total. The zero-order chi connectivity index (χ0) is 48.1. The third-order valence-electron chi connectivity index (χ3n) is 13.9. The number of hydrogen-bond donors (Lipinski definition) is 0. The predicted octanol–water partition coefficient (Wildman–Crippen LogP) is 18.5. The second kappa shape index (κ2) is 20.4. The number of rotatable bonds is 7. The van der Waals surface area contributed by atoms with Crippen LogP contribution in [-0.2, 0) is 11.8 Å². The van der Waals surface area contributed by atoms with Crippen LogP contribution in [0.3, 0.4) is 0 Å². The van der Waals surface area contributed by atoms with Gasteiger partial charge in [0.25, 0.3) is 0 Å². The molecule has 1 heteroatoms. The van der Waals surface area contributed by atoms with E-state index < -0.39 is 0 Å². The molecule has 0 bridgehead atoms. The van der Waals surface area contributed by atoms with Crippen molar-refractivity contribution in [3.63, 3.8) is 0 Å². The first-order valence-electron chi connectivity index (χ1n) is 24.4. The molecule has 8 aromatic rings. The Balaban J connectivity index is 0.000000138. The van der Waals surface area contributed by atoms with Crippen LogP contribution >= 0.6 is 0 Å². The maximum absolute atomic E-state index is 6.06. The van der Waals surface area contributed by atoms with Gasteiger partial charge in [-0.25, -0.2) is 0 Å². The van der Waals surface area contributed by atoms with Gasteiger partial charge in [0.05, 0.1) is 5.56 Å². The normalized spacial score (nSPS) is 13.5. The Hall–Kier alpha value is -7.14. The fourth-order valence-corrected chi connectivity index (χ4v) is 10.4. The molecule has 0 saturated carbocycles. The Kier molecular flexibility index (Phi) is 14.2. The molecule has 10 rings (SSSR count). The van der Waals surface area contributed by atoms with Crippen LogP contribution in [0, 0.1) is 47.0 Å². The lowest BCUT2D eigenvalue weighted by molar-refractivity contribution is 0.599. The Labute approximate surface area is 407 Å². The molecule has 0 unspecified atom stereocenters. The quantitative estimate of drug-likeness (QED) is 0.145. The topological polar surface area (TPSA) is 13.1 Å². The number of allylic oxidation sites excluding steroid dienone is 5. The molecule has 1 nitrogen and oxygen atoms in total. The molecule has 0 amide bonds. The van der Waals surface area contributed by atoms with Crippen LogP contribution in [-0.4, -0.2) is 0 Å². The fourth-order valence-electron chi connectivity index (χ4n) is 10.4. The second-order valence-corrected chi connectivity index (χ2v) is 19.3. The van der Waals surface area contributed by atoms with E-state index in [4.69, 9.17) is 10.8 Å². The van der Waals surface area contributed by atoms with Crippen molar-refractivity contribution in [3.05, 3.63) is 236 Å². The van der Waals surface area contributed by atoms with Gasteiger partial charge in [-0.1, -0.05) is 195 Å². The number of furan rings is 1. The Bertz CT molecular complexity index is 3260. The van der Waals surface area contributed by atoms with E-state index in [1.165, 1.54) is 94.6 Å². The summed E-state index contributed by atoms with van der Waals surface area (Å²) in [4.78, 5) is 0. The number of aryl methyl sites for hydroxylation is 6. The average molecular weight is 887 g/mol. The van der Waals surface area contributed by atoms with Crippen LogP contribution in [0.1, 0.15) is 121 Å². The molecule has 1 aromatic heterocycles. The van der Waals surface area contributed by atoms with Crippen molar-refractivity contribution < 1.29 is 4.42 Å². The van der Waals surface area contributed by atoms with Crippen molar-refractivity contribution in [2.75, 3.05) is 0 Å². The van der Waals surface area contributed by atoms with Gasteiger partial charge in [-0.05, 0) is 169 Å². The lowest BCUT2D eigenvalue weighted by Crippen LogP contribution is -2.15. The lowest BCUT2D eigenvalue weighted by Gasteiger charge is -2.22. The summed E-state index contributed by atoms with van der Waals surface area (Å²) < 4.78 is 6.06. The third-order valence-corrected chi connectivity index (χ3v) is 13.9. The van der Waals surface area contributed by atoms with Crippen molar-refractivity contribution in [2.45, 2.75) is 100 Å². The minimum Gasteiger partial charge on any atom is -0.455 e. The first-order valence-corrected chi connectivity index (χ1v) is 24.4. The van der Waals surface area contributed by atoms with E-state index in [0.717, 1.165) is 59.1 Å². The summed E-state index contributed by atoms with van der Waals surface area (Å²) >= 11 is 0. The highest BCUT2D eigenvalue weighted by molar-refractivity contribution is 5.93. The van der Waals surface area contributed by atoms with Crippen LogP contribution in [0.15, 0.2) is 174 Å². The highest BCUT2D eigenvalue weighted by Gasteiger charge is 2.36. The van der Waals surface area contributed by atoms with Crippen LogP contribution in [0.25, 0.3) is 55.5 Å². The van der Waals surface area contributed by atoms with Gasteiger partial charge < -0.3 is 4.42 Å². The van der Waals surface area contributed by atoms with Crippen LogP contribution < -0.4 is 0 Å². The Morgan fingerprint density at radius 2 is 1.37 bits per heavy atom. The molecular formula is C67H66O. The Morgan fingerprint density at radius 1 is 0.647 bits per heavy atom. The molecule has 0 saturated heterocycles. The number of para-hydroxylation sites is 1. The first-order chi connectivity index (χ1) is 32.8. The molecule has 0 atom stereocenters. The van der Waals surface area contributed by atoms with E-state index in [1.807, 2.05) is 31.2 Å². The van der Waals surface area contributed by atoms with Gasteiger partial charge in [-0.3, -0.25) is 0 Å². The molecule has 0 radical (unpaired) electrons. The SMILES string of the molecule is C#Cc1c(/C(=C\C)c2ccc(CCC)cc2)oc2ccccc12.CC1=C(c2c(C)cccc2-c2ccc(C)cc2)CCC=C1.Cc1cccc(-c2ccc3c(c2)-c2c(C)cc(C)cc2C3(C)C)c1. The molecule has 340 valence electrons. The molecule has 2 aliphatic carbocycles. The summed E-state index contributed by atoms with van der Waals surface area (Å²) in [6.45, 7) is 22.1. The predicted molar refractivity (Wildman–Crippen MR) is 293 cm³/mol. The monoisotopic (exact) mass is 887 g/mol. The van der Waals surface area contributed by atoms with E-state index in [2.05, 4.69) is 208 Å². The molecule has 0 fully saturated rings. The van der Waals surface area contributed by atoms with Crippen molar-refractivity contribution >= 4 is 22.1 Å². The molecule has 0 aliphatic heterocycles. The summed E-state index contributed by atoms with van der Waals surface area (Å²) in [7, 11) is 0. The fraction of sp³-hybridized carbons (Fsp3) is 0.224. The highest BCUT2D eigenvalue weighted by Crippen LogP contribution is 2.51. The van der Waals surface area contributed by atoms with Gasteiger partial charge in [0.2, 0.25) is 0 Å². The summed E-state index contributed by atoms with van der Waals surface area (Å²) in [6, 6.07) is 52.5. The van der Waals surface area contributed by atoms with Gasteiger partial charge in [-0.15, -0.1) is 6.42 Å². The molecule has 7 aromatic carbocycles. The van der Waals surface area contributed by atoms with Crippen molar-refractivity contribution in [3.8, 4) is 45.7 Å². The maximum Gasteiger partial charge on any atom is 0.151 e. The van der Waals surface area contributed by atoms with Gasteiger partial charge in [0.1, 0.15) is 5.58 Å². The largest absolute Gasteiger partial charge is 0.455 e. The summed E-state index contributed by atoms with van der Waals surface area (Å²) in [6.07, 6.45) is 16.9. The standard InChI is InChI=1S/C24H24.C22H20O.C21H22/c1-15-7-6-8-18(12-15)19-9-10-21-20(14-19)23-17(3)11-16(2)13-22(23)24(21,4)5;1-4-9-16-12-14-17(15-13-16)18(5-2)22-19(6-3)20-10-7-8-11-21(20)23-22;1-15-11-13-18(14-12-15)20-10-6-8-17(3)21(20)19-9-5-4-7-16(19)2/h6-14H,1-5H3;3,5,7-8,10-15H,4,9H2,1-2H3;4,6-8,10-14H,5,9H2,1-3H3/b;18-5-;. The summed E-state index contributed by atoms with van der Waals surface area (Å²) in [5.41, 5.74) is 27.4. The number of hydrogen-bond acceptors (Lipinski definition) is 1. The smallest absolute Gasteiger partial charge is 0.151 e. The summed E-state index contributed by atoms with van der Waals surface area (Å²) in [5, 5.41) is 0.993. The van der Waals surface area contributed by atoms with E-state index in [-0.39, 0.29) is 5.41 Å². The maximum atomic E-state index is 6.06. The summed E-state index contributed by atoms with van der Waals surface area (Å²) in [5.74, 6) is 3.58. The molecular weight excluding hydrogens is 821 g/mol. The zero-order valence-electron chi connectivity index (χ0n) is 41.9. The number of terminal acetylenes is 1. The van der Waals surface area contributed by atoms with Gasteiger partial charge in [0, 0.05) is 16.4 Å².